The van der Waals surface area contributed by atoms with Gasteiger partial charge in [-0.3, -0.25) is 9.69 Å². The average molecular weight is 484 g/mol. The molecule has 1 aliphatic carbocycles. The van der Waals surface area contributed by atoms with E-state index in [4.69, 9.17) is 0 Å². The van der Waals surface area contributed by atoms with E-state index in [1.54, 1.807) is 12.1 Å². The van der Waals surface area contributed by atoms with Crippen LogP contribution >= 0.6 is 0 Å². The van der Waals surface area contributed by atoms with E-state index in [0.717, 1.165) is 70.4 Å². The number of benzene rings is 2. The van der Waals surface area contributed by atoms with E-state index < -0.39 is 9.84 Å². The number of piperazine rings is 1. The molecular weight excluding hydrogens is 446 g/mol. The topological polar surface area (TPSA) is 69.7 Å². The predicted molar refractivity (Wildman–Crippen MR) is 137 cm³/mol. The van der Waals surface area contributed by atoms with E-state index >= 15 is 0 Å². The summed E-state index contributed by atoms with van der Waals surface area (Å²) in [6.07, 6.45) is 5.01. The van der Waals surface area contributed by atoms with Crippen molar-refractivity contribution >= 4 is 21.4 Å². The Kier molecular flexibility index (Phi) is 8.27. The maximum absolute atomic E-state index is 12.6. The first-order valence-corrected chi connectivity index (χ1v) is 14.2. The summed E-state index contributed by atoms with van der Waals surface area (Å²) in [4.78, 5) is 17.5. The predicted octanol–water partition coefficient (Wildman–Crippen LogP) is 3.37. The van der Waals surface area contributed by atoms with E-state index in [-0.39, 0.29) is 18.1 Å². The highest BCUT2D eigenvalue weighted by Crippen LogP contribution is 2.25. The third-order valence-corrected chi connectivity index (χ3v) is 8.70. The van der Waals surface area contributed by atoms with Crippen LogP contribution in [-0.2, 0) is 27.5 Å². The first kappa shape index (κ1) is 24.7. The Hall–Kier alpha value is -2.38. The van der Waals surface area contributed by atoms with Crippen molar-refractivity contribution in [2.45, 2.75) is 50.3 Å². The number of rotatable bonds is 10. The average Bonchev–Trinajstić information content (AvgIpc) is 3.31. The molecule has 0 unspecified atom stereocenters. The van der Waals surface area contributed by atoms with Crippen LogP contribution in [-0.4, -0.2) is 64.2 Å². The highest BCUT2D eigenvalue weighted by Gasteiger charge is 2.20. The Morgan fingerprint density at radius 2 is 1.76 bits per heavy atom. The maximum atomic E-state index is 12.6. The summed E-state index contributed by atoms with van der Waals surface area (Å²) in [5.41, 5.74) is 5.00. The Labute approximate surface area is 204 Å². The normalized spacial score (nSPS) is 16.4. The minimum atomic E-state index is -3.43. The number of hydrogen-bond acceptors (Lipinski definition) is 5. The standard InChI is InChI=1S/C27H37N3O3S/c1-22-6-4-9-25(20-22)30-17-15-29(16-18-30)14-3-2-13-28-27(31)12-19-34(32,33)26-11-10-23-7-5-8-24(23)21-26/h4,6,9-11,20-21H,2-3,5,7-8,12-19H2,1H3,(H,28,31). The van der Waals surface area contributed by atoms with Crippen LogP contribution in [0.25, 0.3) is 0 Å². The van der Waals surface area contributed by atoms with Gasteiger partial charge in [0.2, 0.25) is 5.91 Å². The van der Waals surface area contributed by atoms with Crippen LogP contribution in [0.5, 0.6) is 0 Å². The summed E-state index contributed by atoms with van der Waals surface area (Å²) in [7, 11) is -3.43. The Balaban J connectivity index is 1.09. The van der Waals surface area contributed by atoms with Crippen LogP contribution in [0.3, 0.4) is 0 Å². The molecule has 1 fully saturated rings. The van der Waals surface area contributed by atoms with E-state index in [1.165, 1.54) is 16.8 Å². The number of amides is 1. The lowest BCUT2D eigenvalue weighted by Crippen LogP contribution is -2.46. The fourth-order valence-electron chi connectivity index (χ4n) is 4.92. The largest absolute Gasteiger partial charge is 0.369 e. The number of aryl methyl sites for hydroxylation is 3. The third-order valence-electron chi connectivity index (χ3n) is 6.99. The number of sulfone groups is 1. The van der Waals surface area contributed by atoms with Gasteiger partial charge in [0.25, 0.3) is 0 Å². The van der Waals surface area contributed by atoms with E-state index in [9.17, 15) is 13.2 Å². The molecule has 1 heterocycles. The van der Waals surface area contributed by atoms with Crippen LogP contribution in [0.1, 0.15) is 42.4 Å². The number of anilines is 1. The lowest BCUT2D eigenvalue weighted by molar-refractivity contribution is -0.120. The molecule has 2 aliphatic rings. The first-order chi connectivity index (χ1) is 16.4. The number of carbonyl (C=O) groups excluding carboxylic acids is 1. The number of carbonyl (C=O) groups is 1. The van der Waals surface area contributed by atoms with Gasteiger partial charge in [0, 0.05) is 44.8 Å². The SMILES string of the molecule is Cc1cccc(N2CCN(CCCCNC(=O)CCS(=O)(=O)c3ccc4c(c3)CCC4)CC2)c1. The van der Waals surface area contributed by atoms with Crippen LogP contribution in [0, 0.1) is 6.92 Å². The Bertz CT molecular complexity index is 1090. The molecule has 0 radical (unpaired) electrons. The summed E-state index contributed by atoms with van der Waals surface area (Å²) in [6.45, 7) is 7.95. The molecule has 1 amide bonds. The molecule has 7 heteroatoms. The van der Waals surface area contributed by atoms with Crippen LogP contribution < -0.4 is 10.2 Å². The summed E-state index contributed by atoms with van der Waals surface area (Å²) in [5, 5.41) is 2.89. The van der Waals surface area contributed by atoms with Gasteiger partial charge in [0.1, 0.15) is 0 Å². The van der Waals surface area contributed by atoms with Crippen molar-refractivity contribution in [3.05, 3.63) is 59.2 Å². The van der Waals surface area contributed by atoms with Crippen molar-refractivity contribution in [1.82, 2.24) is 10.2 Å². The summed E-state index contributed by atoms with van der Waals surface area (Å²) in [5.74, 6) is -0.320. The molecule has 0 spiro atoms. The lowest BCUT2D eigenvalue weighted by atomic mass is 10.1. The molecule has 0 atom stereocenters. The molecule has 0 aromatic heterocycles. The molecule has 1 aliphatic heterocycles. The molecule has 0 bridgehead atoms. The number of hydrogen-bond donors (Lipinski definition) is 1. The van der Waals surface area contributed by atoms with Crippen molar-refractivity contribution in [3.8, 4) is 0 Å². The van der Waals surface area contributed by atoms with Gasteiger partial charge in [-0.25, -0.2) is 8.42 Å². The van der Waals surface area contributed by atoms with Crippen LogP contribution in [0.15, 0.2) is 47.4 Å². The fourth-order valence-corrected chi connectivity index (χ4v) is 6.20. The molecule has 2 aromatic carbocycles. The van der Waals surface area contributed by atoms with Gasteiger partial charge >= 0.3 is 0 Å². The van der Waals surface area contributed by atoms with E-state index in [2.05, 4.69) is 46.3 Å². The molecule has 34 heavy (non-hydrogen) atoms. The zero-order valence-electron chi connectivity index (χ0n) is 20.3. The minimum Gasteiger partial charge on any atom is -0.369 e. The lowest BCUT2D eigenvalue weighted by Gasteiger charge is -2.36. The highest BCUT2D eigenvalue weighted by molar-refractivity contribution is 7.91. The highest BCUT2D eigenvalue weighted by atomic mass is 32.2. The molecule has 6 nitrogen and oxygen atoms in total. The van der Waals surface area contributed by atoms with Crippen molar-refractivity contribution in [2.75, 3.05) is 49.9 Å². The fraction of sp³-hybridized carbons (Fsp3) is 0.519. The van der Waals surface area contributed by atoms with Crippen molar-refractivity contribution in [3.63, 3.8) is 0 Å². The second-order valence-corrected chi connectivity index (χ2v) is 11.7. The molecule has 1 saturated heterocycles. The smallest absolute Gasteiger partial charge is 0.221 e. The number of fused-ring (bicyclic) bond motifs is 1. The van der Waals surface area contributed by atoms with Gasteiger partial charge in [0.15, 0.2) is 9.84 Å². The summed E-state index contributed by atoms with van der Waals surface area (Å²) < 4.78 is 25.3. The minimum absolute atomic E-state index is 0.0142. The molecule has 1 N–H and O–H groups in total. The van der Waals surface area contributed by atoms with Gasteiger partial charge < -0.3 is 10.2 Å². The second-order valence-electron chi connectivity index (χ2n) is 9.58. The van der Waals surface area contributed by atoms with E-state index in [0.29, 0.717) is 11.4 Å². The number of nitrogens with zero attached hydrogens (tertiary/aromatic N) is 2. The van der Waals surface area contributed by atoms with Gasteiger partial charge in [0.05, 0.1) is 10.6 Å². The monoisotopic (exact) mass is 483 g/mol. The Morgan fingerprint density at radius 1 is 0.971 bits per heavy atom. The quantitative estimate of drug-likeness (QED) is 0.525. The number of unbranched alkanes of at least 4 members (excludes halogenated alkanes) is 1. The van der Waals surface area contributed by atoms with E-state index in [1.807, 2.05) is 6.07 Å². The second kappa shape index (κ2) is 11.4. The van der Waals surface area contributed by atoms with Gasteiger partial charge in [-0.1, -0.05) is 18.2 Å². The molecule has 0 saturated carbocycles. The maximum Gasteiger partial charge on any atom is 0.221 e. The molecule has 2 aromatic rings. The zero-order chi connectivity index (χ0) is 24.0. The van der Waals surface area contributed by atoms with Gasteiger partial charge in [-0.2, -0.15) is 0 Å². The summed E-state index contributed by atoms with van der Waals surface area (Å²) >= 11 is 0. The summed E-state index contributed by atoms with van der Waals surface area (Å²) in [6, 6.07) is 14.1. The van der Waals surface area contributed by atoms with Gasteiger partial charge in [-0.05, 0) is 86.5 Å². The van der Waals surface area contributed by atoms with Gasteiger partial charge in [-0.15, -0.1) is 0 Å². The Morgan fingerprint density at radius 3 is 2.56 bits per heavy atom. The molecular formula is C27H37N3O3S. The number of nitrogens with one attached hydrogen (secondary N) is 1. The molecule has 184 valence electrons. The van der Waals surface area contributed by atoms with Crippen molar-refractivity contribution in [1.29, 1.82) is 0 Å². The zero-order valence-corrected chi connectivity index (χ0v) is 21.1. The third kappa shape index (κ3) is 6.60. The first-order valence-electron chi connectivity index (χ1n) is 12.6. The van der Waals surface area contributed by atoms with Crippen molar-refractivity contribution < 1.29 is 13.2 Å². The van der Waals surface area contributed by atoms with Crippen LogP contribution in [0.4, 0.5) is 5.69 Å². The van der Waals surface area contributed by atoms with Crippen LogP contribution in [0.2, 0.25) is 0 Å². The molecule has 4 rings (SSSR count). The van der Waals surface area contributed by atoms with Crippen molar-refractivity contribution in [2.24, 2.45) is 0 Å².